The minimum absolute atomic E-state index is 0.0229. The van der Waals surface area contributed by atoms with E-state index < -0.39 is 28.6 Å². The van der Waals surface area contributed by atoms with Crippen LogP contribution in [0.15, 0.2) is 53.4 Å². The first-order valence-corrected chi connectivity index (χ1v) is 8.30. The van der Waals surface area contributed by atoms with Crippen molar-refractivity contribution < 1.29 is 26.8 Å². The van der Waals surface area contributed by atoms with Gasteiger partial charge in [-0.15, -0.1) is 0 Å². The average Bonchev–Trinajstić information content (AvgIpc) is 2.53. The van der Waals surface area contributed by atoms with Crippen LogP contribution >= 0.6 is 0 Å². The molecule has 5 nitrogen and oxygen atoms in total. The second-order valence-corrected chi connectivity index (χ2v) is 6.59. The summed E-state index contributed by atoms with van der Waals surface area (Å²) in [6, 6.07) is 11.4. The molecule has 2 aromatic carbocycles. The van der Waals surface area contributed by atoms with E-state index in [2.05, 4.69) is 0 Å². The number of hydrogen-bond acceptors (Lipinski definition) is 5. The molecule has 0 radical (unpaired) electrons. The van der Waals surface area contributed by atoms with Crippen molar-refractivity contribution in [1.29, 1.82) is 0 Å². The Kier molecular flexibility index (Phi) is 5.70. The topological polar surface area (TPSA) is 72.8 Å². The maximum absolute atomic E-state index is 12.7. The van der Waals surface area contributed by atoms with Crippen LogP contribution in [-0.4, -0.2) is 32.8 Å². The summed E-state index contributed by atoms with van der Waals surface area (Å²) in [4.78, 5) is 0.0229. The lowest BCUT2D eigenvalue weighted by atomic mass is 10.2. The summed E-state index contributed by atoms with van der Waals surface area (Å²) in [5, 5.41) is 9.73. The van der Waals surface area contributed by atoms with Crippen molar-refractivity contribution >= 4 is 10.1 Å². The normalized spacial score (nSPS) is 12.8. The second kappa shape index (κ2) is 7.54. The Balaban J connectivity index is 1.84. The Morgan fingerprint density at radius 2 is 1.65 bits per heavy atom. The summed E-state index contributed by atoms with van der Waals surface area (Å²) in [5.74, 6) is -0.0303. The largest absolute Gasteiger partial charge is 0.491 e. The van der Waals surface area contributed by atoms with E-state index in [1.54, 1.807) is 12.1 Å². The van der Waals surface area contributed by atoms with Gasteiger partial charge in [0.2, 0.25) is 0 Å². The smallest absolute Gasteiger partial charge is 0.297 e. The zero-order valence-electron chi connectivity index (χ0n) is 12.5. The molecule has 0 saturated carbocycles. The molecule has 7 heteroatoms. The van der Waals surface area contributed by atoms with Gasteiger partial charge in [0.1, 0.15) is 24.3 Å². The average molecular weight is 340 g/mol. The summed E-state index contributed by atoms with van der Waals surface area (Å²) in [7, 11) is -3.93. The monoisotopic (exact) mass is 340 g/mol. The lowest BCUT2D eigenvalue weighted by Gasteiger charge is -2.13. The molecule has 0 amide bonds. The first-order chi connectivity index (χ1) is 10.9. The highest BCUT2D eigenvalue weighted by Gasteiger charge is 2.17. The van der Waals surface area contributed by atoms with Crippen molar-refractivity contribution in [2.75, 3.05) is 13.2 Å². The molecule has 0 saturated heterocycles. The third-order valence-electron chi connectivity index (χ3n) is 2.98. The number of aryl methyl sites for hydroxylation is 1. The van der Waals surface area contributed by atoms with Crippen LogP contribution in [0.1, 0.15) is 5.56 Å². The number of hydrogen-bond donors (Lipinski definition) is 1. The number of benzene rings is 2. The molecular weight excluding hydrogens is 323 g/mol. The highest BCUT2D eigenvalue weighted by Crippen LogP contribution is 2.14. The van der Waals surface area contributed by atoms with Gasteiger partial charge in [-0.3, -0.25) is 4.18 Å². The van der Waals surface area contributed by atoms with Gasteiger partial charge in [0, 0.05) is 0 Å². The Labute approximate surface area is 134 Å². The lowest BCUT2D eigenvalue weighted by Crippen LogP contribution is -2.25. The van der Waals surface area contributed by atoms with Crippen molar-refractivity contribution in [3.8, 4) is 5.75 Å². The molecule has 0 unspecified atom stereocenters. The SMILES string of the molecule is Cc1ccc(S(=O)(=O)OC[C@H](O)COc2ccc(F)cc2)cc1. The number of ether oxygens (including phenoxy) is 1. The van der Waals surface area contributed by atoms with E-state index in [1.165, 1.54) is 36.4 Å². The molecule has 2 rings (SSSR count). The summed E-state index contributed by atoms with van der Waals surface area (Å²) in [6.07, 6.45) is -1.14. The summed E-state index contributed by atoms with van der Waals surface area (Å²) < 4.78 is 46.6. The van der Waals surface area contributed by atoms with Crippen LogP contribution < -0.4 is 4.74 Å². The third-order valence-corrected chi connectivity index (χ3v) is 4.28. The van der Waals surface area contributed by atoms with E-state index in [9.17, 15) is 17.9 Å². The van der Waals surface area contributed by atoms with Crippen molar-refractivity contribution in [1.82, 2.24) is 0 Å². The molecule has 0 fully saturated rings. The number of aliphatic hydroxyl groups excluding tert-OH is 1. The highest BCUT2D eigenvalue weighted by molar-refractivity contribution is 7.86. The van der Waals surface area contributed by atoms with E-state index in [0.717, 1.165) is 5.56 Å². The van der Waals surface area contributed by atoms with Crippen molar-refractivity contribution in [2.24, 2.45) is 0 Å². The Morgan fingerprint density at radius 3 is 2.26 bits per heavy atom. The predicted octanol–water partition coefficient (Wildman–Crippen LogP) is 2.28. The van der Waals surface area contributed by atoms with Gasteiger partial charge in [-0.1, -0.05) is 17.7 Å². The Bertz CT molecular complexity index is 726. The van der Waals surface area contributed by atoms with E-state index >= 15 is 0 Å². The fourth-order valence-corrected chi connectivity index (χ4v) is 2.65. The Hall–Kier alpha value is -1.96. The standard InChI is InChI=1S/C16H17FO5S/c1-12-2-8-16(9-3-12)23(19,20)22-11-14(18)10-21-15-6-4-13(17)5-7-15/h2-9,14,18H,10-11H2,1H3/t14-/m1/s1. The molecule has 0 bridgehead atoms. The molecule has 0 aromatic heterocycles. The molecule has 0 aliphatic heterocycles. The highest BCUT2D eigenvalue weighted by atomic mass is 32.2. The molecule has 23 heavy (non-hydrogen) atoms. The van der Waals surface area contributed by atoms with E-state index in [-0.39, 0.29) is 11.5 Å². The van der Waals surface area contributed by atoms with Crippen molar-refractivity contribution in [3.05, 3.63) is 59.9 Å². The quantitative estimate of drug-likeness (QED) is 0.783. The van der Waals surface area contributed by atoms with Gasteiger partial charge in [0.25, 0.3) is 10.1 Å². The van der Waals surface area contributed by atoms with Crippen LogP contribution in [0.2, 0.25) is 0 Å². The van der Waals surface area contributed by atoms with E-state index in [0.29, 0.717) is 5.75 Å². The molecular formula is C16H17FO5S. The molecule has 0 aliphatic rings. The number of aliphatic hydroxyl groups is 1. The zero-order valence-corrected chi connectivity index (χ0v) is 13.3. The number of halogens is 1. The third kappa shape index (κ3) is 5.31. The minimum Gasteiger partial charge on any atom is -0.491 e. The van der Waals surface area contributed by atoms with Crippen molar-refractivity contribution in [3.63, 3.8) is 0 Å². The molecule has 0 spiro atoms. The van der Waals surface area contributed by atoms with Gasteiger partial charge in [0.05, 0.1) is 11.5 Å². The van der Waals surface area contributed by atoms with E-state index in [1.807, 2.05) is 6.92 Å². The van der Waals surface area contributed by atoms with Gasteiger partial charge < -0.3 is 9.84 Å². The first-order valence-electron chi connectivity index (χ1n) is 6.89. The van der Waals surface area contributed by atoms with Crippen LogP contribution in [0.4, 0.5) is 4.39 Å². The van der Waals surface area contributed by atoms with Crippen LogP contribution in [0.3, 0.4) is 0 Å². The van der Waals surface area contributed by atoms with Crippen LogP contribution in [0, 0.1) is 12.7 Å². The van der Waals surface area contributed by atoms with Crippen LogP contribution in [-0.2, 0) is 14.3 Å². The van der Waals surface area contributed by atoms with Gasteiger partial charge in [0.15, 0.2) is 0 Å². The van der Waals surface area contributed by atoms with Gasteiger partial charge in [-0.05, 0) is 43.3 Å². The number of rotatable bonds is 7. The minimum atomic E-state index is -3.93. The molecule has 1 atom stereocenters. The summed E-state index contributed by atoms with van der Waals surface area (Å²) >= 11 is 0. The molecule has 0 aliphatic carbocycles. The van der Waals surface area contributed by atoms with Gasteiger partial charge in [-0.2, -0.15) is 8.42 Å². The Morgan fingerprint density at radius 1 is 1.04 bits per heavy atom. The molecule has 0 heterocycles. The van der Waals surface area contributed by atoms with Gasteiger partial charge in [-0.25, -0.2) is 4.39 Å². The predicted molar refractivity (Wildman–Crippen MR) is 82.2 cm³/mol. The van der Waals surface area contributed by atoms with Gasteiger partial charge >= 0.3 is 0 Å². The fourth-order valence-electron chi connectivity index (χ4n) is 1.71. The molecule has 2 aromatic rings. The fraction of sp³-hybridized carbons (Fsp3) is 0.250. The summed E-state index contributed by atoms with van der Waals surface area (Å²) in [5.41, 5.74) is 0.927. The van der Waals surface area contributed by atoms with E-state index in [4.69, 9.17) is 8.92 Å². The maximum Gasteiger partial charge on any atom is 0.297 e. The molecule has 1 N–H and O–H groups in total. The lowest BCUT2D eigenvalue weighted by molar-refractivity contribution is 0.0648. The summed E-state index contributed by atoms with van der Waals surface area (Å²) in [6.45, 7) is 1.24. The van der Waals surface area contributed by atoms with Crippen LogP contribution in [0.5, 0.6) is 5.75 Å². The van der Waals surface area contributed by atoms with Crippen LogP contribution in [0.25, 0.3) is 0 Å². The maximum atomic E-state index is 12.7. The second-order valence-electron chi connectivity index (χ2n) is 4.97. The zero-order chi connectivity index (χ0) is 16.9. The molecule has 124 valence electrons. The van der Waals surface area contributed by atoms with Crippen molar-refractivity contribution in [2.45, 2.75) is 17.9 Å². The first kappa shape index (κ1) is 17.4.